The lowest BCUT2D eigenvalue weighted by Gasteiger charge is -2.26. The highest BCUT2D eigenvalue weighted by Gasteiger charge is 2.51. The van der Waals surface area contributed by atoms with Crippen LogP contribution in [0, 0.1) is 17.3 Å². The van der Waals surface area contributed by atoms with Gasteiger partial charge in [-0.05, 0) is 49.4 Å². The van der Waals surface area contributed by atoms with Gasteiger partial charge >= 0.3 is 0 Å². The van der Waals surface area contributed by atoms with Crippen molar-refractivity contribution in [3.05, 3.63) is 0 Å². The Kier molecular flexibility index (Phi) is 1.39. The third kappa shape index (κ3) is 1.28. The molecular formula is C11H19N. The van der Waals surface area contributed by atoms with E-state index in [1.807, 2.05) is 0 Å². The van der Waals surface area contributed by atoms with Crippen LogP contribution in [0.15, 0.2) is 0 Å². The molecule has 68 valence electrons. The van der Waals surface area contributed by atoms with Crippen LogP contribution in [0.1, 0.15) is 39.0 Å². The van der Waals surface area contributed by atoms with Crippen molar-refractivity contribution in [3.63, 3.8) is 0 Å². The molecule has 3 rings (SSSR count). The quantitative estimate of drug-likeness (QED) is 0.676. The Morgan fingerprint density at radius 2 is 1.92 bits per heavy atom. The molecule has 0 aromatic carbocycles. The lowest BCUT2D eigenvalue weighted by molar-refractivity contribution is 0.282. The highest BCUT2D eigenvalue weighted by atomic mass is 15.0. The molecule has 3 aliphatic carbocycles. The predicted octanol–water partition coefficient (Wildman–Crippen LogP) is 2.17. The zero-order valence-corrected chi connectivity index (χ0v) is 7.97. The Morgan fingerprint density at radius 3 is 2.50 bits per heavy atom. The van der Waals surface area contributed by atoms with E-state index in [0.29, 0.717) is 5.41 Å². The van der Waals surface area contributed by atoms with Gasteiger partial charge in [-0.3, -0.25) is 0 Å². The first-order valence-electron chi connectivity index (χ1n) is 5.49. The van der Waals surface area contributed by atoms with E-state index in [1.165, 1.54) is 32.2 Å². The molecule has 0 bridgehead atoms. The molecule has 1 N–H and O–H groups in total. The summed E-state index contributed by atoms with van der Waals surface area (Å²) in [6.07, 6.45) is 7.44. The SMILES string of the molecule is CC1(CNC2CC2)CC2CC2C1. The minimum atomic E-state index is 0.677. The zero-order chi connectivity index (χ0) is 8.18. The maximum Gasteiger partial charge on any atom is 0.00684 e. The van der Waals surface area contributed by atoms with Crippen LogP contribution < -0.4 is 5.32 Å². The first-order valence-corrected chi connectivity index (χ1v) is 5.49. The van der Waals surface area contributed by atoms with Crippen LogP contribution >= 0.6 is 0 Å². The van der Waals surface area contributed by atoms with Gasteiger partial charge in [0.1, 0.15) is 0 Å². The Labute approximate surface area is 74.9 Å². The Morgan fingerprint density at radius 1 is 1.25 bits per heavy atom. The molecule has 0 heterocycles. The number of nitrogens with one attached hydrogen (secondary N) is 1. The van der Waals surface area contributed by atoms with Crippen molar-refractivity contribution in [2.24, 2.45) is 17.3 Å². The molecule has 0 aromatic rings. The molecule has 3 aliphatic rings. The molecule has 0 radical (unpaired) electrons. The van der Waals surface area contributed by atoms with Crippen LogP contribution in [0.25, 0.3) is 0 Å². The fourth-order valence-corrected chi connectivity index (χ4v) is 2.98. The summed E-state index contributed by atoms with van der Waals surface area (Å²) >= 11 is 0. The molecule has 0 amide bonds. The van der Waals surface area contributed by atoms with Crippen molar-refractivity contribution in [2.45, 2.75) is 45.1 Å². The molecule has 3 fully saturated rings. The normalized spacial score (nSPS) is 50.8. The van der Waals surface area contributed by atoms with Gasteiger partial charge in [-0.15, -0.1) is 0 Å². The van der Waals surface area contributed by atoms with Crippen molar-refractivity contribution in [1.82, 2.24) is 5.32 Å². The maximum absolute atomic E-state index is 3.68. The van der Waals surface area contributed by atoms with E-state index < -0.39 is 0 Å². The van der Waals surface area contributed by atoms with E-state index in [4.69, 9.17) is 0 Å². The van der Waals surface area contributed by atoms with Crippen LogP contribution in [0.3, 0.4) is 0 Å². The Bertz CT molecular complexity index is 185. The summed E-state index contributed by atoms with van der Waals surface area (Å²) in [6, 6.07) is 0.902. The van der Waals surface area contributed by atoms with Crippen LogP contribution in [0.2, 0.25) is 0 Å². The van der Waals surface area contributed by atoms with E-state index in [9.17, 15) is 0 Å². The molecule has 0 aromatic heterocycles. The van der Waals surface area contributed by atoms with Crippen molar-refractivity contribution in [2.75, 3.05) is 6.54 Å². The fraction of sp³-hybridized carbons (Fsp3) is 1.00. The minimum Gasteiger partial charge on any atom is -0.313 e. The first-order chi connectivity index (χ1) is 5.75. The lowest BCUT2D eigenvalue weighted by atomic mass is 9.85. The van der Waals surface area contributed by atoms with Gasteiger partial charge < -0.3 is 5.32 Å². The fourth-order valence-electron chi connectivity index (χ4n) is 2.98. The van der Waals surface area contributed by atoms with Crippen molar-refractivity contribution < 1.29 is 0 Å². The summed E-state index contributed by atoms with van der Waals surface area (Å²) in [5, 5.41) is 3.68. The number of fused-ring (bicyclic) bond motifs is 1. The minimum absolute atomic E-state index is 0.677. The van der Waals surface area contributed by atoms with Crippen LogP contribution in [0.5, 0.6) is 0 Å². The van der Waals surface area contributed by atoms with E-state index in [2.05, 4.69) is 12.2 Å². The second-order valence-corrected chi connectivity index (χ2v) is 5.63. The number of rotatable bonds is 3. The van der Waals surface area contributed by atoms with Crippen LogP contribution in [-0.4, -0.2) is 12.6 Å². The van der Waals surface area contributed by atoms with Crippen LogP contribution in [-0.2, 0) is 0 Å². The van der Waals surface area contributed by atoms with Crippen LogP contribution in [0.4, 0.5) is 0 Å². The lowest BCUT2D eigenvalue weighted by Crippen LogP contribution is -2.32. The second-order valence-electron chi connectivity index (χ2n) is 5.63. The Balaban J connectivity index is 1.52. The summed E-state index contributed by atoms with van der Waals surface area (Å²) in [4.78, 5) is 0. The monoisotopic (exact) mass is 165 g/mol. The van der Waals surface area contributed by atoms with Crippen molar-refractivity contribution >= 4 is 0 Å². The summed E-state index contributed by atoms with van der Waals surface area (Å²) in [5.74, 6) is 2.27. The molecule has 2 unspecified atom stereocenters. The molecule has 0 spiro atoms. The first kappa shape index (κ1) is 7.37. The largest absolute Gasteiger partial charge is 0.313 e. The highest BCUT2D eigenvalue weighted by Crippen LogP contribution is 2.59. The van der Waals surface area contributed by atoms with Gasteiger partial charge in [0.15, 0.2) is 0 Å². The van der Waals surface area contributed by atoms with Crippen molar-refractivity contribution in [3.8, 4) is 0 Å². The molecule has 1 nitrogen and oxygen atoms in total. The standard InChI is InChI=1S/C11H19N/c1-11(7-12-10-2-3-10)5-8-4-9(8)6-11/h8-10,12H,2-7H2,1H3. The van der Waals surface area contributed by atoms with Crippen molar-refractivity contribution in [1.29, 1.82) is 0 Å². The Hall–Kier alpha value is -0.0400. The molecular weight excluding hydrogens is 146 g/mol. The van der Waals surface area contributed by atoms with Gasteiger partial charge in [0.2, 0.25) is 0 Å². The zero-order valence-electron chi connectivity index (χ0n) is 7.97. The van der Waals surface area contributed by atoms with Gasteiger partial charge in [0, 0.05) is 12.6 Å². The molecule has 12 heavy (non-hydrogen) atoms. The summed E-state index contributed by atoms with van der Waals surface area (Å²) in [5.41, 5.74) is 0.677. The average molecular weight is 165 g/mol. The molecule has 3 saturated carbocycles. The topological polar surface area (TPSA) is 12.0 Å². The summed E-state index contributed by atoms with van der Waals surface area (Å²) in [7, 11) is 0. The highest BCUT2D eigenvalue weighted by molar-refractivity contribution is 5.02. The van der Waals surface area contributed by atoms with E-state index in [1.54, 1.807) is 6.42 Å². The van der Waals surface area contributed by atoms with E-state index in [-0.39, 0.29) is 0 Å². The molecule has 0 aliphatic heterocycles. The molecule has 2 atom stereocenters. The van der Waals surface area contributed by atoms with E-state index >= 15 is 0 Å². The predicted molar refractivity (Wildman–Crippen MR) is 50.0 cm³/mol. The third-order valence-electron chi connectivity index (χ3n) is 3.97. The third-order valence-corrected chi connectivity index (χ3v) is 3.97. The van der Waals surface area contributed by atoms with Gasteiger partial charge in [-0.1, -0.05) is 6.92 Å². The summed E-state index contributed by atoms with van der Waals surface area (Å²) < 4.78 is 0. The molecule has 0 saturated heterocycles. The number of hydrogen-bond donors (Lipinski definition) is 1. The number of hydrogen-bond acceptors (Lipinski definition) is 1. The van der Waals surface area contributed by atoms with Gasteiger partial charge in [-0.25, -0.2) is 0 Å². The smallest absolute Gasteiger partial charge is 0.00684 e. The van der Waals surface area contributed by atoms with Gasteiger partial charge in [0.25, 0.3) is 0 Å². The maximum atomic E-state index is 3.68. The summed E-state index contributed by atoms with van der Waals surface area (Å²) in [6.45, 7) is 3.78. The van der Waals surface area contributed by atoms with E-state index in [0.717, 1.165) is 17.9 Å². The second kappa shape index (κ2) is 2.25. The average Bonchev–Trinajstić information content (AvgIpc) is 2.89. The molecule has 1 heteroatoms. The van der Waals surface area contributed by atoms with Gasteiger partial charge in [0.05, 0.1) is 0 Å². The van der Waals surface area contributed by atoms with Gasteiger partial charge in [-0.2, -0.15) is 0 Å².